The van der Waals surface area contributed by atoms with Gasteiger partial charge >= 0.3 is 0 Å². The van der Waals surface area contributed by atoms with Crippen LogP contribution in [0, 0.1) is 0 Å². The van der Waals surface area contributed by atoms with Crippen LogP contribution < -0.4 is 11.1 Å². The molecule has 7 heteroatoms. The maximum atomic E-state index is 9.41. The van der Waals surface area contributed by atoms with Gasteiger partial charge in [-0.2, -0.15) is 0 Å². The molecule has 0 saturated heterocycles. The van der Waals surface area contributed by atoms with Gasteiger partial charge in [-0.05, 0) is 50.1 Å². The van der Waals surface area contributed by atoms with Gasteiger partial charge in [0.15, 0.2) is 17.0 Å². The van der Waals surface area contributed by atoms with Crippen LogP contribution in [0.15, 0.2) is 54.9 Å². The van der Waals surface area contributed by atoms with Crippen molar-refractivity contribution in [3.8, 4) is 17.1 Å². The lowest BCUT2D eigenvalue weighted by Gasteiger charge is -2.12. The van der Waals surface area contributed by atoms with E-state index in [1.54, 1.807) is 18.5 Å². The second-order valence-electron chi connectivity index (χ2n) is 7.26. The molecule has 0 atom stereocenters. The molecule has 4 N–H and O–H groups in total. The Morgan fingerprint density at radius 2 is 1.90 bits per heavy atom. The number of nitrogens with two attached hydrogens (primary N) is 1. The number of benzene rings is 2. The molecule has 2 heterocycles. The first-order valence-corrected chi connectivity index (χ1v) is 9.63. The number of hydrogen-bond acceptors (Lipinski definition) is 6. The van der Waals surface area contributed by atoms with E-state index in [9.17, 15) is 5.11 Å². The minimum atomic E-state index is 0.177. The van der Waals surface area contributed by atoms with Crippen LogP contribution in [-0.4, -0.2) is 31.2 Å². The molecule has 0 radical (unpaired) electrons. The molecule has 0 aliphatic carbocycles. The Bertz CT molecular complexity index is 1130. The third kappa shape index (κ3) is 3.85. The number of nitrogens with zero attached hydrogens (tertiary/aromatic N) is 4. The lowest BCUT2D eigenvalue weighted by molar-refractivity contribution is 0.475. The molecule has 2 aromatic carbocycles. The largest absolute Gasteiger partial charge is 0.508 e. The topological polar surface area (TPSA) is 102 Å². The summed E-state index contributed by atoms with van der Waals surface area (Å²) in [6.45, 7) is 4.91. The normalized spacial score (nSPS) is 11.3. The summed E-state index contributed by atoms with van der Waals surface area (Å²) in [4.78, 5) is 13.8. The first-order chi connectivity index (χ1) is 14.0. The van der Waals surface area contributed by atoms with Crippen molar-refractivity contribution in [2.24, 2.45) is 0 Å². The van der Waals surface area contributed by atoms with Crippen LogP contribution in [0.5, 0.6) is 5.75 Å². The molecule has 4 aromatic rings. The number of anilines is 2. The molecule has 2 aromatic heterocycles. The van der Waals surface area contributed by atoms with E-state index in [1.165, 1.54) is 0 Å². The number of phenolic OH excluding ortho intramolecular Hbond substituents is 1. The first kappa shape index (κ1) is 18.7. The smallest absolute Gasteiger partial charge is 0.166 e. The van der Waals surface area contributed by atoms with E-state index in [0.717, 1.165) is 34.5 Å². The Morgan fingerprint density at radius 1 is 1.10 bits per heavy atom. The summed E-state index contributed by atoms with van der Waals surface area (Å²) in [5.74, 6) is 1.80. The molecule has 4 rings (SSSR count). The Hall–Kier alpha value is -3.61. The van der Waals surface area contributed by atoms with Crippen molar-refractivity contribution in [3.05, 3.63) is 60.4 Å². The number of nitrogen functional groups attached to an aromatic ring is 1. The number of fused-ring (bicyclic) bond motifs is 1. The van der Waals surface area contributed by atoms with Crippen LogP contribution >= 0.6 is 0 Å². The monoisotopic (exact) mass is 388 g/mol. The van der Waals surface area contributed by atoms with E-state index < -0.39 is 0 Å². The molecule has 29 heavy (non-hydrogen) atoms. The number of hydrogen-bond donors (Lipinski definition) is 3. The number of rotatable bonds is 6. The number of imidazole rings is 1. The number of aromatic nitrogens is 4. The SMILES string of the molecule is CC(C)n1c(-c2cccc(N)c2)nc2c(NCCc3ccc(O)cc3)ncnc21. The Labute approximate surface area is 169 Å². The van der Waals surface area contributed by atoms with E-state index in [-0.39, 0.29) is 11.8 Å². The van der Waals surface area contributed by atoms with E-state index in [0.29, 0.717) is 18.1 Å². The lowest BCUT2D eigenvalue weighted by Crippen LogP contribution is -2.08. The highest BCUT2D eigenvalue weighted by atomic mass is 16.3. The van der Waals surface area contributed by atoms with Crippen molar-refractivity contribution in [2.45, 2.75) is 26.3 Å². The van der Waals surface area contributed by atoms with Gasteiger partial charge in [0.2, 0.25) is 0 Å². The fraction of sp³-hybridized carbons (Fsp3) is 0.227. The molecule has 0 amide bonds. The predicted molar refractivity (Wildman–Crippen MR) is 116 cm³/mol. The maximum Gasteiger partial charge on any atom is 0.166 e. The molecular weight excluding hydrogens is 364 g/mol. The van der Waals surface area contributed by atoms with Crippen molar-refractivity contribution < 1.29 is 5.11 Å². The van der Waals surface area contributed by atoms with Gasteiger partial charge in [-0.15, -0.1) is 0 Å². The van der Waals surface area contributed by atoms with Gasteiger partial charge < -0.3 is 20.7 Å². The van der Waals surface area contributed by atoms with Gasteiger partial charge in [-0.1, -0.05) is 24.3 Å². The summed E-state index contributed by atoms with van der Waals surface area (Å²) in [6, 6.07) is 15.1. The zero-order valence-electron chi connectivity index (χ0n) is 16.5. The number of phenols is 1. The third-order valence-electron chi connectivity index (χ3n) is 4.78. The minimum absolute atomic E-state index is 0.177. The summed E-state index contributed by atoms with van der Waals surface area (Å²) in [5, 5.41) is 12.8. The molecule has 0 saturated carbocycles. The van der Waals surface area contributed by atoms with E-state index in [2.05, 4.69) is 33.7 Å². The van der Waals surface area contributed by atoms with Crippen molar-refractivity contribution in [1.82, 2.24) is 19.5 Å². The van der Waals surface area contributed by atoms with Crippen LogP contribution in [0.25, 0.3) is 22.6 Å². The zero-order valence-corrected chi connectivity index (χ0v) is 16.5. The van der Waals surface area contributed by atoms with Gasteiger partial charge in [0.05, 0.1) is 0 Å². The lowest BCUT2D eigenvalue weighted by atomic mass is 10.1. The van der Waals surface area contributed by atoms with Gasteiger partial charge in [0.25, 0.3) is 0 Å². The van der Waals surface area contributed by atoms with Crippen molar-refractivity contribution in [3.63, 3.8) is 0 Å². The summed E-state index contributed by atoms with van der Waals surface area (Å²) >= 11 is 0. The molecule has 0 fully saturated rings. The van der Waals surface area contributed by atoms with E-state index in [4.69, 9.17) is 10.7 Å². The second kappa shape index (κ2) is 7.79. The number of aromatic hydroxyl groups is 1. The number of nitrogens with one attached hydrogen (secondary N) is 1. The zero-order chi connectivity index (χ0) is 20.4. The van der Waals surface area contributed by atoms with E-state index >= 15 is 0 Å². The Kier molecular flexibility index (Phi) is 5.03. The molecule has 0 aliphatic heterocycles. The fourth-order valence-electron chi connectivity index (χ4n) is 3.40. The van der Waals surface area contributed by atoms with Crippen LogP contribution in [0.3, 0.4) is 0 Å². The summed E-state index contributed by atoms with van der Waals surface area (Å²) in [5.41, 5.74) is 10.3. The Morgan fingerprint density at radius 3 is 2.62 bits per heavy atom. The van der Waals surface area contributed by atoms with Crippen molar-refractivity contribution in [1.29, 1.82) is 0 Å². The van der Waals surface area contributed by atoms with Crippen LogP contribution in [0.4, 0.5) is 11.5 Å². The quantitative estimate of drug-likeness (QED) is 0.431. The average Bonchev–Trinajstić information content (AvgIpc) is 3.10. The maximum absolute atomic E-state index is 9.41. The van der Waals surface area contributed by atoms with Crippen LogP contribution in [0.2, 0.25) is 0 Å². The molecule has 0 aliphatic rings. The highest BCUT2D eigenvalue weighted by Crippen LogP contribution is 2.30. The second-order valence-corrected chi connectivity index (χ2v) is 7.26. The Balaban J connectivity index is 1.67. The first-order valence-electron chi connectivity index (χ1n) is 9.63. The highest BCUT2D eigenvalue weighted by molar-refractivity contribution is 5.86. The van der Waals surface area contributed by atoms with Gasteiger partial charge in [-0.3, -0.25) is 0 Å². The molecule has 0 unspecified atom stereocenters. The van der Waals surface area contributed by atoms with Gasteiger partial charge in [0, 0.05) is 23.8 Å². The van der Waals surface area contributed by atoms with Crippen LogP contribution in [0.1, 0.15) is 25.5 Å². The van der Waals surface area contributed by atoms with Gasteiger partial charge in [0.1, 0.15) is 17.9 Å². The van der Waals surface area contributed by atoms with Crippen molar-refractivity contribution >= 4 is 22.7 Å². The van der Waals surface area contributed by atoms with Crippen LogP contribution in [-0.2, 0) is 6.42 Å². The third-order valence-corrected chi connectivity index (χ3v) is 4.78. The predicted octanol–water partition coefficient (Wildman–Crippen LogP) is 4.02. The van der Waals surface area contributed by atoms with Gasteiger partial charge in [-0.25, -0.2) is 15.0 Å². The molecular formula is C22H24N6O. The minimum Gasteiger partial charge on any atom is -0.508 e. The standard InChI is InChI=1S/C22H24N6O/c1-14(2)28-21(16-4-3-5-17(23)12-16)27-19-20(25-13-26-22(19)28)24-11-10-15-6-8-18(29)9-7-15/h3-9,12-14,29H,10-11,23H2,1-2H3,(H,24,25,26). The summed E-state index contributed by atoms with van der Waals surface area (Å²) < 4.78 is 2.11. The summed E-state index contributed by atoms with van der Waals surface area (Å²) in [6.07, 6.45) is 2.37. The fourth-order valence-corrected chi connectivity index (χ4v) is 3.40. The molecule has 0 bridgehead atoms. The molecule has 0 spiro atoms. The molecule has 7 nitrogen and oxygen atoms in total. The molecule has 148 valence electrons. The highest BCUT2D eigenvalue weighted by Gasteiger charge is 2.19. The average molecular weight is 388 g/mol. The van der Waals surface area contributed by atoms with Crippen molar-refractivity contribution in [2.75, 3.05) is 17.6 Å². The summed E-state index contributed by atoms with van der Waals surface area (Å²) in [7, 11) is 0. The van der Waals surface area contributed by atoms with E-state index in [1.807, 2.05) is 36.4 Å².